The Balaban J connectivity index is 2.33. The number of nitrogens with one attached hydrogen (secondary N) is 2. The van der Waals surface area contributed by atoms with Gasteiger partial charge in [0.2, 0.25) is 11.8 Å². The summed E-state index contributed by atoms with van der Waals surface area (Å²) in [7, 11) is 1.97. The van der Waals surface area contributed by atoms with Crippen LogP contribution in [0.5, 0.6) is 0 Å². The summed E-state index contributed by atoms with van der Waals surface area (Å²) in [6.45, 7) is 5.86. The third-order valence-electron chi connectivity index (χ3n) is 3.52. The van der Waals surface area contributed by atoms with Crippen LogP contribution in [0.3, 0.4) is 0 Å². The van der Waals surface area contributed by atoms with Crippen molar-refractivity contribution in [1.82, 2.24) is 15.5 Å². The molecule has 1 fully saturated rings. The van der Waals surface area contributed by atoms with Crippen LogP contribution in [-0.2, 0) is 9.59 Å². The SMILES string of the molecule is CNCCC1CCN(C(=O)C(C)NC(C)=O)CC1. The van der Waals surface area contributed by atoms with Gasteiger partial charge in [-0.15, -0.1) is 0 Å². The fraction of sp³-hybridized carbons (Fsp3) is 0.846. The Morgan fingerprint density at radius 1 is 1.33 bits per heavy atom. The summed E-state index contributed by atoms with van der Waals surface area (Å²) in [5.74, 6) is 0.606. The minimum Gasteiger partial charge on any atom is -0.345 e. The number of carbonyl (C=O) groups excluding carboxylic acids is 2. The van der Waals surface area contributed by atoms with Gasteiger partial charge >= 0.3 is 0 Å². The van der Waals surface area contributed by atoms with Crippen molar-refractivity contribution < 1.29 is 9.59 Å². The van der Waals surface area contributed by atoms with Gasteiger partial charge in [-0.25, -0.2) is 0 Å². The number of carbonyl (C=O) groups is 2. The van der Waals surface area contributed by atoms with Gasteiger partial charge in [-0.3, -0.25) is 9.59 Å². The summed E-state index contributed by atoms with van der Waals surface area (Å²) in [6.07, 6.45) is 3.32. The molecule has 0 aliphatic carbocycles. The van der Waals surface area contributed by atoms with E-state index >= 15 is 0 Å². The van der Waals surface area contributed by atoms with E-state index in [2.05, 4.69) is 10.6 Å². The summed E-state index contributed by atoms with van der Waals surface area (Å²) in [6, 6.07) is -0.406. The standard InChI is InChI=1S/C13H25N3O2/c1-10(15-11(2)17)13(18)16-8-5-12(6-9-16)4-7-14-3/h10,12,14H,4-9H2,1-3H3,(H,15,17). The van der Waals surface area contributed by atoms with Crippen LogP contribution < -0.4 is 10.6 Å². The average molecular weight is 255 g/mol. The number of hydrogen-bond donors (Lipinski definition) is 2. The highest BCUT2D eigenvalue weighted by Crippen LogP contribution is 2.20. The molecule has 0 saturated carbocycles. The quantitative estimate of drug-likeness (QED) is 0.745. The molecule has 0 bridgehead atoms. The van der Waals surface area contributed by atoms with E-state index in [0.29, 0.717) is 0 Å². The Hall–Kier alpha value is -1.10. The van der Waals surface area contributed by atoms with Crippen molar-refractivity contribution >= 4 is 11.8 Å². The Bertz CT molecular complexity index is 286. The fourth-order valence-electron chi connectivity index (χ4n) is 2.43. The number of amides is 2. The lowest BCUT2D eigenvalue weighted by Crippen LogP contribution is -2.49. The molecule has 0 aromatic rings. The molecule has 1 aliphatic rings. The Kier molecular flexibility index (Phi) is 6.12. The maximum Gasteiger partial charge on any atom is 0.244 e. The largest absolute Gasteiger partial charge is 0.345 e. The number of hydrogen-bond acceptors (Lipinski definition) is 3. The van der Waals surface area contributed by atoms with Crippen molar-refractivity contribution in [3.8, 4) is 0 Å². The number of rotatable bonds is 5. The molecule has 1 unspecified atom stereocenters. The zero-order chi connectivity index (χ0) is 13.5. The normalized spacial score (nSPS) is 18.5. The van der Waals surface area contributed by atoms with Crippen LogP contribution in [0.25, 0.3) is 0 Å². The number of likely N-dealkylation sites (tertiary alicyclic amines) is 1. The number of piperidine rings is 1. The molecule has 5 heteroatoms. The lowest BCUT2D eigenvalue weighted by Gasteiger charge is -2.33. The maximum absolute atomic E-state index is 12.1. The zero-order valence-electron chi connectivity index (χ0n) is 11.7. The van der Waals surface area contributed by atoms with Crippen LogP contribution in [0.1, 0.15) is 33.1 Å². The average Bonchev–Trinajstić information content (AvgIpc) is 2.35. The van der Waals surface area contributed by atoms with Crippen LogP contribution in [0.2, 0.25) is 0 Å². The summed E-state index contributed by atoms with van der Waals surface area (Å²) >= 11 is 0. The van der Waals surface area contributed by atoms with E-state index in [4.69, 9.17) is 0 Å². The van der Waals surface area contributed by atoms with Gasteiger partial charge in [0.15, 0.2) is 0 Å². The number of nitrogens with zero attached hydrogens (tertiary/aromatic N) is 1. The van der Waals surface area contributed by atoms with E-state index in [1.54, 1.807) is 6.92 Å². The highest BCUT2D eigenvalue weighted by atomic mass is 16.2. The van der Waals surface area contributed by atoms with Crippen molar-refractivity contribution in [2.24, 2.45) is 5.92 Å². The van der Waals surface area contributed by atoms with Crippen molar-refractivity contribution in [3.05, 3.63) is 0 Å². The van der Waals surface area contributed by atoms with Crippen LogP contribution in [0, 0.1) is 5.92 Å². The smallest absolute Gasteiger partial charge is 0.244 e. The van der Waals surface area contributed by atoms with Gasteiger partial charge in [0, 0.05) is 20.0 Å². The molecule has 0 spiro atoms. The molecule has 18 heavy (non-hydrogen) atoms. The summed E-state index contributed by atoms with van der Waals surface area (Å²) in [5, 5.41) is 5.81. The van der Waals surface area contributed by atoms with Gasteiger partial charge in [-0.1, -0.05) is 0 Å². The Labute approximate surface area is 109 Å². The molecule has 1 aliphatic heterocycles. The molecule has 1 heterocycles. The maximum atomic E-state index is 12.1. The molecular weight excluding hydrogens is 230 g/mol. The first-order valence-corrected chi connectivity index (χ1v) is 6.75. The van der Waals surface area contributed by atoms with Crippen molar-refractivity contribution in [1.29, 1.82) is 0 Å². The van der Waals surface area contributed by atoms with Crippen LogP contribution in [0.4, 0.5) is 0 Å². The molecule has 0 aromatic heterocycles. The first-order valence-electron chi connectivity index (χ1n) is 6.75. The molecule has 0 radical (unpaired) electrons. The minimum absolute atomic E-state index is 0.0391. The van der Waals surface area contributed by atoms with Gasteiger partial charge < -0.3 is 15.5 Å². The summed E-state index contributed by atoms with van der Waals surface area (Å²) < 4.78 is 0. The van der Waals surface area contributed by atoms with Crippen LogP contribution >= 0.6 is 0 Å². The molecule has 1 saturated heterocycles. The molecule has 104 valence electrons. The topological polar surface area (TPSA) is 61.4 Å². The summed E-state index contributed by atoms with van der Waals surface area (Å²) in [5.41, 5.74) is 0. The monoisotopic (exact) mass is 255 g/mol. The van der Waals surface area contributed by atoms with E-state index in [1.807, 2.05) is 11.9 Å². The fourth-order valence-corrected chi connectivity index (χ4v) is 2.43. The highest BCUT2D eigenvalue weighted by molar-refractivity contribution is 5.86. The van der Waals surface area contributed by atoms with Gasteiger partial charge in [-0.2, -0.15) is 0 Å². The van der Waals surface area contributed by atoms with E-state index < -0.39 is 6.04 Å². The predicted octanol–water partition coefficient (Wildman–Crippen LogP) is 0.359. The van der Waals surface area contributed by atoms with E-state index in [0.717, 1.165) is 38.4 Å². The van der Waals surface area contributed by atoms with E-state index in [9.17, 15) is 9.59 Å². The van der Waals surface area contributed by atoms with E-state index in [-0.39, 0.29) is 11.8 Å². The lowest BCUT2D eigenvalue weighted by atomic mass is 9.93. The van der Waals surface area contributed by atoms with Gasteiger partial charge in [-0.05, 0) is 45.7 Å². The molecule has 2 N–H and O–H groups in total. The van der Waals surface area contributed by atoms with Gasteiger partial charge in [0.1, 0.15) is 6.04 Å². The van der Waals surface area contributed by atoms with Gasteiger partial charge in [0.25, 0.3) is 0 Å². The molecule has 1 atom stereocenters. The first kappa shape index (κ1) is 15.0. The molecule has 2 amide bonds. The minimum atomic E-state index is -0.406. The van der Waals surface area contributed by atoms with Crippen molar-refractivity contribution in [3.63, 3.8) is 0 Å². The molecule has 5 nitrogen and oxygen atoms in total. The third-order valence-corrected chi connectivity index (χ3v) is 3.52. The molecule has 0 aromatic carbocycles. The van der Waals surface area contributed by atoms with Crippen molar-refractivity contribution in [2.45, 2.75) is 39.2 Å². The Morgan fingerprint density at radius 3 is 2.44 bits per heavy atom. The second kappa shape index (κ2) is 7.36. The predicted molar refractivity (Wildman–Crippen MR) is 71.1 cm³/mol. The lowest BCUT2D eigenvalue weighted by molar-refractivity contribution is -0.136. The van der Waals surface area contributed by atoms with Gasteiger partial charge in [0.05, 0.1) is 0 Å². The van der Waals surface area contributed by atoms with Crippen LogP contribution in [0.15, 0.2) is 0 Å². The first-order chi connectivity index (χ1) is 8.54. The van der Waals surface area contributed by atoms with E-state index in [1.165, 1.54) is 13.3 Å². The zero-order valence-corrected chi connectivity index (χ0v) is 11.7. The van der Waals surface area contributed by atoms with Crippen LogP contribution in [-0.4, -0.2) is 49.4 Å². The second-order valence-electron chi connectivity index (χ2n) is 5.08. The highest BCUT2D eigenvalue weighted by Gasteiger charge is 2.25. The Morgan fingerprint density at radius 2 is 1.94 bits per heavy atom. The summed E-state index contributed by atoms with van der Waals surface area (Å²) in [4.78, 5) is 24.8. The van der Waals surface area contributed by atoms with Crippen molar-refractivity contribution in [2.75, 3.05) is 26.7 Å². The second-order valence-corrected chi connectivity index (χ2v) is 5.08. The third kappa shape index (κ3) is 4.64. The molecular formula is C13H25N3O2. The molecule has 1 rings (SSSR count).